The first-order valence-corrected chi connectivity index (χ1v) is 7.27. The van der Waals surface area contributed by atoms with Crippen LogP contribution >= 0.6 is 0 Å². The van der Waals surface area contributed by atoms with Gasteiger partial charge in [0.15, 0.2) is 0 Å². The van der Waals surface area contributed by atoms with Gasteiger partial charge in [-0.15, -0.1) is 0 Å². The first-order valence-electron chi connectivity index (χ1n) is 7.27. The summed E-state index contributed by atoms with van der Waals surface area (Å²) in [4.78, 5) is 0. The topological polar surface area (TPSA) is 60.7 Å². The maximum Gasteiger partial charge on any atom is 0.134 e. The monoisotopic (exact) mass is 278 g/mol. The molecule has 0 heterocycles. The maximum absolute atomic E-state index is 9.75. The van der Waals surface area contributed by atoms with Gasteiger partial charge in [0.25, 0.3) is 0 Å². The average molecular weight is 278 g/mol. The fraction of sp³-hybridized carbons (Fsp3) is 0.647. The van der Waals surface area contributed by atoms with Gasteiger partial charge < -0.3 is 15.3 Å². The van der Waals surface area contributed by atoms with Crippen molar-refractivity contribution < 1.29 is 15.3 Å². The van der Waals surface area contributed by atoms with Crippen LogP contribution in [0.4, 0.5) is 0 Å². The highest BCUT2D eigenvalue weighted by Gasteiger charge is 2.14. The van der Waals surface area contributed by atoms with Crippen LogP contribution in [-0.4, -0.2) is 33.6 Å². The number of hydrogen-bond acceptors (Lipinski definition) is 3. The standard InChI is InChI=1S/C17H26O3/c1-3-5-6-7-10-13-16(19)17(20)14-11-8-9-12-15(18)4-2/h4,15-20H,2-3,5-7,10,13-14H2,1H3. The Morgan fingerprint density at radius 2 is 1.70 bits per heavy atom. The van der Waals surface area contributed by atoms with Gasteiger partial charge >= 0.3 is 0 Å². The second-order valence-corrected chi connectivity index (χ2v) is 4.79. The van der Waals surface area contributed by atoms with Crippen molar-refractivity contribution in [1.29, 1.82) is 0 Å². The van der Waals surface area contributed by atoms with Crippen molar-refractivity contribution in [3.8, 4) is 23.7 Å². The molecule has 3 N–H and O–H groups in total. The summed E-state index contributed by atoms with van der Waals surface area (Å²) in [7, 11) is 0. The largest absolute Gasteiger partial charge is 0.390 e. The van der Waals surface area contributed by atoms with E-state index >= 15 is 0 Å². The molecule has 3 heteroatoms. The molecule has 112 valence electrons. The minimum absolute atomic E-state index is 0.189. The Morgan fingerprint density at radius 1 is 1.00 bits per heavy atom. The Morgan fingerprint density at radius 3 is 2.35 bits per heavy atom. The van der Waals surface area contributed by atoms with Crippen molar-refractivity contribution in [3.05, 3.63) is 12.7 Å². The summed E-state index contributed by atoms with van der Waals surface area (Å²) in [5, 5.41) is 28.5. The van der Waals surface area contributed by atoms with Gasteiger partial charge in [0.2, 0.25) is 0 Å². The van der Waals surface area contributed by atoms with E-state index in [0.717, 1.165) is 12.8 Å². The second kappa shape index (κ2) is 12.8. The third-order valence-electron chi connectivity index (χ3n) is 2.95. The van der Waals surface area contributed by atoms with Crippen molar-refractivity contribution in [2.24, 2.45) is 0 Å². The molecule has 0 aliphatic carbocycles. The van der Waals surface area contributed by atoms with Crippen LogP contribution in [0.25, 0.3) is 0 Å². The van der Waals surface area contributed by atoms with Crippen molar-refractivity contribution in [2.75, 3.05) is 0 Å². The van der Waals surface area contributed by atoms with Crippen molar-refractivity contribution in [3.63, 3.8) is 0 Å². The Kier molecular flexibility index (Phi) is 12.0. The third kappa shape index (κ3) is 10.6. The zero-order valence-electron chi connectivity index (χ0n) is 12.3. The van der Waals surface area contributed by atoms with Gasteiger partial charge in [0.05, 0.1) is 12.2 Å². The van der Waals surface area contributed by atoms with Crippen LogP contribution in [0.2, 0.25) is 0 Å². The normalized spacial score (nSPS) is 14.2. The first-order chi connectivity index (χ1) is 9.61. The Balaban J connectivity index is 3.84. The second-order valence-electron chi connectivity index (χ2n) is 4.79. The zero-order valence-corrected chi connectivity index (χ0v) is 12.3. The molecule has 20 heavy (non-hydrogen) atoms. The molecule has 0 radical (unpaired) electrons. The summed E-state index contributed by atoms with van der Waals surface area (Å²) in [6.07, 6.45) is 5.29. The molecule has 0 bridgehead atoms. The van der Waals surface area contributed by atoms with Crippen molar-refractivity contribution in [1.82, 2.24) is 0 Å². The number of unbranched alkanes of at least 4 members (excludes halogenated alkanes) is 4. The van der Waals surface area contributed by atoms with E-state index in [2.05, 4.69) is 37.2 Å². The van der Waals surface area contributed by atoms with E-state index < -0.39 is 18.3 Å². The van der Waals surface area contributed by atoms with Gasteiger partial charge in [-0.2, -0.15) is 0 Å². The van der Waals surface area contributed by atoms with Gasteiger partial charge in [-0.1, -0.05) is 63.5 Å². The van der Waals surface area contributed by atoms with Gasteiger partial charge in [0.1, 0.15) is 6.10 Å². The summed E-state index contributed by atoms with van der Waals surface area (Å²) in [5.74, 6) is 10.1. The summed E-state index contributed by atoms with van der Waals surface area (Å²) in [6, 6.07) is 0. The molecule has 0 aromatic carbocycles. The minimum Gasteiger partial charge on any atom is -0.390 e. The lowest BCUT2D eigenvalue weighted by atomic mass is 10.0. The van der Waals surface area contributed by atoms with Crippen LogP contribution in [0.3, 0.4) is 0 Å². The van der Waals surface area contributed by atoms with Crippen LogP contribution in [0.15, 0.2) is 12.7 Å². The highest BCUT2D eigenvalue weighted by molar-refractivity contribution is 5.28. The first kappa shape index (κ1) is 18.7. The molecule has 0 aliphatic heterocycles. The predicted octanol–water partition coefficient (Wildman–Crippen LogP) is 2.01. The Labute approximate surface area is 122 Å². The van der Waals surface area contributed by atoms with E-state index in [0.29, 0.717) is 6.42 Å². The van der Waals surface area contributed by atoms with Crippen LogP contribution in [-0.2, 0) is 0 Å². The molecule has 3 nitrogen and oxygen atoms in total. The number of aliphatic hydroxyl groups is 3. The maximum atomic E-state index is 9.75. The Bertz CT molecular complexity index is 367. The molecule has 0 saturated heterocycles. The van der Waals surface area contributed by atoms with Crippen LogP contribution < -0.4 is 0 Å². The zero-order chi connectivity index (χ0) is 15.2. The number of rotatable bonds is 9. The molecule has 0 aromatic rings. The minimum atomic E-state index is -0.872. The smallest absolute Gasteiger partial charge is 0.134 e. The van der Waals surface area contributed by atoms with Crippen LogP contribution in [0, 0.1) is 23.7 Å². The van der Waals surface area contributed by atoms with Crippen LogP contribution in [0.5, 0.6) is 0 Å². The lowest BCUT2D eigenvalue weighted by Gasteiger charge is -2.15. The molecule has 0 saturated carbocycles. The molecular weight excluding hydrogens is 252 g/mol. The fourth-order valence-electron chi connectivity index (χ4n) is 1.65. The summed E-state index contributed by atoms with van der Waals surface area (Å²) < 4.78 is 0. The molecule has 0 amide bonds. The fourth-order valence-corrected chi connectivity index (χ4v) is 1.65. The molecule has 0 spiro atoms. The Hall–Kier alpha value is -1.26. The molecule has 3 unspecified atom stereocenters. The molecule has 0 rings (SSSR count). The number of aliphatic hydroxyl groups excluding tert-OH is 3. The molecule has 0 aliphatic rings. The van der Waals surface area contributed by atoms with Crippen molar-refractivity contribution in [2.45, 2.75) is 70.2 Å². The van der Waals surface area contributed by atoms with Gasteiger partial charge in [-0.3, -0.25) is 0 Å². The van der Waals surface area contributed by atoms with E-state index in [9.17, 15) is 10.2 Å². The lowest BCUT2D eigenvalue weighted by molar-refractivity contribution is 0.0165. The lowest BCUT2D eigenvalue weighted by Crippen LogP contribution is -2.25. The summed E-state index contributed by atoms with van der Waals surface area (Å²) in [5.41, 5.74) is 0. The summed E-state index contributed by atoms with van der Waals surface area (Å²) in [6.45, 7) is 5.55. The SMILES string of the molecule is C=CC(O)C#CC#CCC(O)C(O)CCCCCCC. The van der Waals surface area contributed by atoms with Crippen molar-refractivity contribution >= 4 is 0 Å². The van der Waals surface area contributed by atoms with E-state index in [-0.39, 0.29) is 6.42 Å². The van der Waals surface area contributed by atoms with Gasteiger partial charge in [-0.05, 0) is 18.3 Å². The van der Waals surface area contributed by atoms with Gasteiger partial charge in [0, 0.05) is 6.42 Å². The van der Waals surface area contributed by atoms with E-state index in [1.54, 1.807) is 0 Å². The molecule has 0 aromatic heterocycles. The summed E-state index contributed by atoms with van der Waals surface area (Å²) >= 11 is 0. The predicted molar refractivity (Wildman–Crippen MR) is 81.8 cm³/mol. The molecule has 3 atom stereocenters. The third-order valence-corrected chi connectivity index (χ3v) is 2.95. The average Bonchev–Trinajstić information content (AvgIpc) is 2.45. The van der Waals surface area contributed by atoms with E-state index in [1.165, 1.54) is 25.3 Å². The van der Waals surface area contributed by atoms with Gasteiger partial charge in [-0.25, -0.2) is 0 Å². The quantitative estimate of drug-likeness (QED) is 0.343. The highest BCUT2D eigenvalue weighted by Crippen LogP contribution is 2.10. The molecular formula is C17H26O3. The highest BCUT2D eigenvalue weighted by atomic mass is 16.3. The van der Waals surface area contributed by atoms with Crippen LogP contribution in [0.1, 0.15) is 51.9 Å². The number of hydrogen-bond donors (Lipinski definition) is 3. The van der Waals surface area contributed by atoms with E-state index in [4.69, 9.17) is 5.11 Å². The van der Waals surface area contributed by atoms with E-state index in [1.807, 2.05) is 0 Å². The molecule has 0 fully saturated rings.